The van der Waals surface area contributed by atoms with Crippen molar-refractivity contribution in [2.45, 2.75) is 6.54 Å². The van der Waals surface area contributed by atoms with Crippen LogP contribution in [0.1, 0.15) is 21.7 Å². The van der Waals surface area contributed by atoms with E-state index >= 15 is 0 Å². The third-order valence-corrected chi connectivity index (χ3v) is 2.55. The van der Waals surface area contributed by atoms with Crippen LogP contribution in [0.5, 0.6) is 0 Å². The van der Waals surface area contributed by atoms with E-state index in [1.54, 1.807) is 12.1 Å². The molecule has 0 fully saturated rings. The molecule has 0 radical (unpaired) electrons. The summed E-state index contributed by atoms with van der Waals surface area (Å²) in [6.45, 7) is 0.400. The van der Waals surface area contributed by atoms with Gasteiger partial charge in [0.05, 0.1) is 24.9 Å². The van der Waals surface area contributed by atoms with Crippen LogP contribution in [-0.4, -0.2) is 12.5 Å². The van der Waals surface area contributed by atoms with Gasteiger partial charge in [-0.2, -0.15) is 0 Å². The number of carbonyl (C=O) groups is 1. The molecular formula is C15H13FN2O2. The molecule has 0 unspecified atom stereocenters. The van der Waals surface area contributed by atoms with Gasteiger partial charge in [0, 0.05) is 5.56 Å². The SMILES string of the molecule is NCC#Cc1ccc(F)cc1C(=O)NCc1ccco1. The van der Waals surface area contributed by atoms with Crippen molar-refractivity contribution >= 4 is 5.91 Å². The molecule has 4 nitrogen and oxygen atoms in total. The monoisotopic (exact) mass is 272 g/mol. The average Bonchev–Trinajstić information content (AvgIpc) is 2.96. The lowest BCUT2D eigenvalue weighted by atomic mass is 10.1. The van der Waals surface area contributed by atoms with Gasteiger partial charge in [-0.05, 0) is 30.3 Å². The Morgan fingerprint density at radius 1 is 1.40 bits per heavy atom. The molecule has 0 aliphatic rings. The van der Waals surface area contributed by atoms with Crippen molar-refractivity contribution in [3.8, 4) is 11.8 Å². The number of rotatable bonds is 3. The lowest BCUT2D eigenvalue weighted by molar-refractivity contribution is 0.0947. The zero-order chi connectivity index (χ0) is 14.4. The van der Waals surface area contributed by atoms with Crippen molar-refractivity contribution in [1.82, 2.24) is 5.32 Å². The maximum atomic E-state index is 13.3. The smallest absolute Gasteiger partial charge is 0.253 e. The summed E-state index contributed by atoms with van der Waals surface area (Å²) in [6.07, 6.45) is 1.52. The number of halogens is 1. The van der Waals surface area contributed by atoms with Crippen LogP contribution in [0.4, 0.5) is 4.39 Å². The maximum Gasteiger partial charge on any atom is 0.253 e. The lowest BCUT2D eigenvalue weighted by Crippen LogP contribution is -2.23. The second-order valence-electron chi connectivity index (χ2n) is 3.96. The van der Waals surface area contributed by atoms with Crippen LogP contribution in [0.3, 0.4) is 0 Å². The van der Waals surface area contributed by atoms with E-state index in [1.165, 1.54) is 18.4 Å². The second kappa shape index (κ2) is 6.55. The molecule has 1 aromatic heterocycles. The number of nitrogens with two attached hydrogens (primary N) is 1. The quantitative estimate of drug-likeness (QED) is 0.835. The highest BCUT2D eigenvalue weighted by atomic mass is 19.1. The van der Waals surface area contributed by atoms with Crippen LogP contribution in [0.15, 0.2) is 41.0 Å². The van der Waals surface area contributed by atoms with E-state index in [4.69, 9.17) is 10.2 Å². The fraction of sp³-hybridized carbons (Fsp3) is 0.133. The summed E-state index contributed by atoms with van der Waals surface area (Å²) in [5.74, 6) is 5.10. The summed E-state index contributed by atoms with van der Waals surface area (Å²) in [4.78, 5) is 12.1. The number of amides is 1. The van der Waals surface area contributed by atoms with Crippen molar-refractivity contribution in [3.63, 3.8) is 0 Å². The fourth-order valence-electron chi connectivity index (χ4n) is 1.64. The average molecular weight is 272 g/mol. The minimum atomic E-state index is -0.494. The Bertz CT molecular complexity index is 654. The highest BCUT2D eigenvalue weighted by molar-refractivity contribution is 5.96. The molecule has 20 heavy (non-hydrogen) atoms. The minimum Gasteiger partial charge on any atom is -0.467 e. The molecule has 0 saturated heterocycles. The van der Waals surface area contributed by atoms with Crippen molar-refractivity contribution < 1.29 is 13.6 Å². The Kier molecular flexibility index (Phi) is 4.53. The summed E-state index contributed by atoms with van der Waals surface area (Å²) < 4.78 is 18.4. The van der Waals surface area contributed by atoms with Gasteiger partial charge in [0.25, 0.3) is 5.91 Å². The first-order valence-electron chi connectivity index (χ1n) is 6.00. The number of benzene rings is 1. The maximum absolute atomic E-state index is 13.3. The highest BCUT2D eigenvalue weighted by Gasteiger charge is 2.11. The van der Waals surface area contributed by atoms with E-state index < -0.39 is 11.7 Å². The van der Waals surface area contributed by atoms with Gasteiger partial charge in [-0.3, -0.25) is 4.79 Å². The van der Waals surface area contributed by atoms with Crippen molar-refractivity contribution in [1.29, 1.82) is 0 Å². The first-order chi connectivity index (χ1) is 9.70. The summed E-state index contributed by atoms with van der Waals surface area (Å²) in [6, 6.07) is 7.32. The molecule has 1 amide bonds. The number of hydrogen-bond acceptors (Lipinski definition) is 3. The first kappa shape index (κ1) is 13.8. The standard InChI is InChI=1S/C15H13FN2O2/c16-12-6-5-11(3-1-7-17)14(9-12)15(19)18-10-13-4-2-8-20-13/h2,4-6,8-9H,7,10,17H2,(H,18,19). The predicted octanol–water partition coefficient (Wildman–Crippen LogP) is 1.66. The molecule has 0 spiro atoms. The molecular weight excluding hydrogens is 259 g/mol. The Morgan fingerprint density at radius 2 is 2.25 bits per heavy atom. The largest absolute Gasteiger partial charge is 0.467 e. The topological polar surface area (TPSA) is 68.3 Å². The molecule has 5 heteroatoms. The van der Waals surface area contributed by atoms with Crippen molar-refractivity contribution in [3.05, 3.63) is 59.3 Å². The number of carbonyl (C=O) groups excluding carboxylic acids is 1. The van der Waals surface area contributed by atoms with E-state index in [1.807, 2.05) is 0 Å². The van der Waals surface area contributed by atoms with Crippen molar-refractivity contribution in [2.24, 2.45) is 5.73 Å². The van der Waals surface area contributed by atoms with Crippen LogP contribution in [0.25, 0.3) is 0 Å². The number of hydrogen-bond donors (Lipinski definition) is 2. The molecule has 0 bridgehead atoms. The molecule has 1 heterocycles. The molecule has 0 saturated carbocycles. The van der Waals surface area contributed by atoms with Crippen molar-refractivity contribution in [2.75, 3.05) is 6.54 Å². The summed E-state index contributed by atoms with van der Waals surface area (Å²) >= 11 is 0. The second-order valence-corrected chi connectivity index (χ2v) is 3.96. The number of furan rings is 1. The van der Waals surface area contributed by atoms with Gasteiger partial charge in [0.1, 0.15) is 11.6 Å². The van der Waals surface area contributed by atoms with Crippen LogP contribution < -0.4 is 11.1 Å². The van der Waals surface area contributed by atoms with Gasteiger partial charge in [-0.15, -0.1) is 0 Å². The normalized spacial score (nSPS) is 9.70. The van der Waals surface area contributed by atoms with E-state index in [9.17, 15) is 9.18 Å². The molecule has 2 rings (SSSR count). The van der Waals surface area contributed by atoms with Gasteiger partial charge in [0.15, 0.2) is 0 Å². The Hall–Kier alpha value is -2.58. The van der Waals surface area contributed by atoms with Gasteiger partial charge in [-0.25, -0.2) is 4.39 Å². The Morgan fingerprint density at radius 3 is 2.95 bits per heavy atom. The third kappa shape index (κ3) is 3.46. The van der Waals surface area contributed by atoms with Gasteiger partial charge >= 0.3 is 0 Å². The predicted molar refractivity (Wildman–Crippen MR) is 72.2 cm³/mol. The number of nitrogens with one attached hydrogen (secondary N) is 1. The van der Waals surface area contributed by atoms with Gasteiger partial charge in [0.2, 0.25) is 0 Å². The van der Waals surface area contributed by atoms with Crippen LogP contribution >= 0.6 is 0 Å². The summed E-state index contributed by atoms with van der Waals surface area (Å²) in [5.41, 5.74) is 5.91. The Balaban J connectivity index is 2.17. The van der Waals surface area contributed by atoms with Gasteiger partial charge in [-0.1, -0.05) is 11.8 Å². The molecule has 0 aliphatic carbocycles. The summed E-state index contributed by atoms with van der Waals surface area (Å²) in [5, 5.41) is 2.65. The van der Waals surface area contributed by atoms with E-state index in [2.05, 4.69) is 17.2 Å². The molecule has 1 aromatic carbocycles. The van der Waals surface area contributed by atoms with E-state index in [0.717, 1.165) is 6.07 Å². The molecule has 102 valence electrons. The van der Waals surface area contributed by atoms with E-state index in [-0.39, 0.29) is 18.7 Å². The molecule has 0 aliphatic heterocycles. The minimum absolute atomic E-state index is 0.171. The lowest BCUT2D eigenvalue weighted by Gasteiger charge is -2.06. The van der Waals surface area contributed by atoms with E-state index in [0.29, 0.717) is 11.3 Å². The van der Waals surface area contributed by atoms with Crippen LogP contribution in [-0.2, 0) is 6.54 Å². The molecule has 2 aromatic rings. The zero-order valence-electron chi connectivity index (χ0n) is 10.7. The molecule has 3 N–H and O–H groups in total. The Labute approximate surface area is 115 Å². The molecule has 0 atom stereocenters. The first-order valence-corrected chi connectivity index (χ1v) is 6.00. The van der Waals surface area contributed by atoms with Crippen LogP contribution in [0, 0.1) is 17.7 Å². The third-order valence-electron chi connectivity index (χ3n) is 2.55. The summed E-state index contributed by atoms with van der Waals surface area (Å²) in [7, 11) is 0. The van der Waals surface area contributed by atoms with Gasteiger partial charge < -0.3 is 15.5 Å². The van der Waals surface area contributed by atoms with Crippen LogP contribution in [0.2, 0.25) is 0 Å². The zero-order valence-corrected chi connectivity index (χ0v) is 10.7. The fourth-order valence-corrected chi connectivity index (χ4v) is 1.64. The highest BCUT2D eigenvalue weighted by Crippen LogP contribution is 2.11.